The van der Waals surface area contributed by atoms with Gasteiger partial charge < -0.3 is 5.32 Å². The molecule has 0 aromatic heterocycles. The van der Waals surface area contributed by atoms with Gasteiger partial charge in [0.05, 0.1) is 27.0 Å². The van der Waals surface area contributed by atoms with E-state index in [2.05, 4.69) is 16.3 Å². The van der Waals surface area contributed by atoms with Crippen LogP contribution >= 0.6 is 34.8 Å². The van der Waals surface area contributed by atoms with Gasteiger partial charge in [0.15, 0.2) is 0 Å². The van der Waals surface area contributed by atoms with Gasteiger partial charge in [0.25, 0.3) is 0 Å². The Morgan fingerprint density at radius 1 is 1.00 bits per heavy atom. The first kappa shape index (κ1) is 25.1. The lowest BCUT2D eigenvalue weighted by Gasteiger charge is -2.27. The molecule has 174 valence electrons. The lowest BCUT2D eigenvalue weighted by Crippen LogP contribution is -2.40. The third-order valence-corrected chi connectivity index (χ3v) is 7.53. The van der Waals surface area contributed by atoms with Crippen LogP contribution in [0, 0.1) is 0 Å². The molecule has 2 aromatic rings. The average molecular weight is 519 g/mol. The molecule has 1 amide bonds. The molecule has 3 rings (SSSR count). The maximum absolute atomic E-state index is 12.7. The van der Waals surface area contributed by atoms with Crippen molar-refractivity contribution in [3.8, 4) is 0 Å². The van der Waals surface area contributed by atoms with Gasteiger partial charge in [0, 0.05) is 13.1 Å². The molecule has 10 heteroatoms. The van der Waals surface area contributed by atoms with Crippen LogP contribution in [0.25, 0.3) is 0 Å². The smallest absolute Gasteiger partial charge is 0.241 e. The van der Waals surface area contributed by atoms with Crippen molar-refractivity contribution in [2.45, 2.75) is 32.4 Å². The monoisotopic (exact) mass is 517 g/mol. The Kier molecular flexibility index (Phi) is 8.69. The molecule has 0 spiro atoms. The molecular weight excluding hydrogens is 493 g/mol. The second-order valence-electron chi connectivity index (χ2n) is 7.87. The Balaban J connectivity index is 1.70. The molecule has 6 nitrogen and oxygen atoms in total. The zero-order valence-corrected chi connectivity index (χ0v) is 20.9. The molecule has 2 aromatic carbocycles. The molecule has 1 N–H and O–H groups in total. The van der Waals surface area contributed by atoms with Crippen LogP contribution in [0.3, 0.4) is 0 Å². The van der Waals surface area contributed by atoms with Gasteiger partial charge in [-0.15, -0.1) is 0 Å². The number of halogens is 3. The van der Waals surface area contributed by atoms with Crippen LogP contribution in [0.2, 0.25) is 15.1 Å². The largest absolute Gasteiger partial charge is 0.350 e. The van der Waals surface area contributed by atoms with Gasteiger partial charge in [-0.1, -0.05) is 65.5 Å². The van der Waals surface area contributed by atoms with Crippen LogP contribution < -0.4 is 9.62 Å². The molecule has 1 aliphatic heterocycles. The fourth-order valence-electron chi connectivity index (χ4n) is 3.71. The first-order valence-corrected chi connectivity index (χ1v) is 13.3. The molecule has 0 atom stereocenters. The Labute approximate surface area is 204 Å². The highest BCUT2D eigenvalue weighted by molar-refractivity contribution is 7.92. The van der Waals surface area contributed by atoms with Gasteiger partial charge in [-0.05, 0) is 49.2 Å². The molecule has 32 heavy (non-hydrogen) atoms. The molecule has 1 fully saturated rings. The molecular formula is C22H26Cl3N3O3S. The normalized spacial score (nSPS) is 14.9. The predicted molar refractivity (Wildman–Crippen MR) is 131 cm³/mol. The van der Waals surface area contributed by atoms with E-state index in [0.29, 0.717) is 6.54 Å². The van der Waals surface area contributed by atoms with Crippen LogP contribution in [0.5, 0.6) is 0 Å². The van der Waals surface area contributed by atoms with E-state index in [4.69, 9.17) is 34.8 Å². The zero-order chi connectivity index (χ0) is 23.3. The van der Waals surface area contributed by atoms with Gasteiger partial charge >= 0.3 is 0 Å². The van der Waals surface area contributed by atoms with Gasteiger partial charge in [-0.2, -0.15) is 0 Å². The van der Waals surface area contributed by atoms with Crippen molar-refractivity contribution in [1.29, 1.82) is 0 Å². The average Bonchev–Trinajstić information content (AvgIpc) is 2.74. The van der Waals surface area contributed by atoms with E-state index in [9.17, 15) is 13.2 Å². The van der Waals surface area contributed by atoms with E-state index in [1.165, 1.54) is 31.4 Å². The Morgan fingerprint density at radius 2 is 1.62 bits per heavy atom. The minimum atomic E-state index is -3.80. The highest BCUT2D eigenvalue weighted by Gasteiger charge is 2.24. The van der Waals surface area contributed by atoms with Gasteiger partial charge in [0.1, 0.15) is 6.54 Å². The van der Waals surface area contributed by atoms with Crippen molar-refractivity contribution in [3.05, 3.63) is 62.6 Å². The number of sulfonamides is 1. The molecule has 1 heterocycles. The first-order valence-electron chi connectivity index (χ1n) is 10.3. The van der Waals surface area contributed by atoms with Crippen molar-refractivity contribution in [2.24, 2.45) is 0 Å². The molecule has 0 saturated carbocycles. The molecule has 1 saturated heterocycles. The number of anilines is 1. The standard InChI is InChI=1S/C22H26Cl3N3O3S/c1-32(30,31)28(21-12-19(24)18(23)11-20(21)25)15-22(29)26-13-16-7-3-4-8-17(16)14-27-9-5-2-6-10-27/h3-4,7-8,11-12H,2,5-6,9-10,13-15H2,1H3,(H,26,29). The van der Waals surface area contributed by atoms with Crippen molar-refractivity contribution in [3.63, 3.8) is 0 Å². The number of benzene rings is 2. The molecule has 0 aliphatic carbocycles. The Morgan fingerprint density at radius 3 is 2.28 bits per heavy atom. The minimum Gasteiger partial charge on any atom is -0.350 e. The maximum atomic E-state index is 12.7. The summed E-state index contributed by atoms with van der Waals surface area (Å²) in [6, 6.07) is 10.7. The minimum absolute atomic E-state index is 0.0875. The highest BCUT2D eigenvalue weighted by Crippen LogP contribution is 2.35. The summed E-state index contributed by atoms with van der Waals surface area (Å²) in [7, 11) is -3.80. The SMILES string of the molecule is CS(=O)(=O)N(CC(=O)NCc1ccccc1CN1CCCCC1)c1cc(Cl)c(Cl)cc1Cl. The maximum Gasteiger partial charge on any atom is 0.241 e. The molecule has 0 bridgehead atoms. The third-order valence-electron chi connectivity index (χ3n) is 5.38. The number of hydrogen-bond acceptors (Lipinski definition) is 4. The Bertz CT molecular complexity index is 1070. The second kappa shape index (κ2) is 11.1. The van der Waals surface area contributed by atoms with Crippen LogP contribution in [0.15, 0.2) is 36.4 Å². The summed E-state index contributed by atoms with van der Waals surface area (Å²) in [6.07, 6.45) is 4.69. The first-order chi connectivity index (χ1) is 15.1. The number of carbonyl (C=O) groups excluding carboxylic acids is 1. The van der Waals surface area contributed by atoms with E-state index in [0.717, 1.165) is 41.3 Å². The van der Waals surface area contributed by atoms with Crippen LogP contribution in [-0.2, 0) is 27.9 Å². The van der Waals surface area contributed by atoms with Crippen molar-refractivity contribution in [1.82, 2.24) is 10.2 Å². The Hall–Kier alpha value is -1.51. The van der Waals surface area contributed by atoms with Gasteiger partial charge in [0.2, 0.25) is 15.9 Å². The molecule has 0 radical (unpaired) electrons. The summed E-state index contributed by atoms with van der Waals surface area (Å²) < 4.78 is 25.7. The van der Waals surface area contributed by atoms with Crippen molar-refractivity contribution < 1.29 is 13.2 Å². The summed E-state index contributed by atoms with van der Waals surface area (Å²) in [5, 5.41) is 3.26. The number of amides is 1. The summed E-state index contributed by atoms with van der Waals surface area (Å²) in [5.74, 6) is -0.453. The topological polar surface area (TPSA) is 69.7 Å². The number of likely N-dealkylation sites (tertiary alicyclic amines) is 1. The van der Waals surface area contributed by atoms with E-state index in [1.54, 1.807) is 0 Å². The number of piperidine rings is 1. The fraction of sp³-hybridized carbons (Fsp3) is 0.409. The highest BCUT2D eigenvalue weighted by atomic mass is 35.5. The number of hydrogen-bond donors (Lipinski definition) is 1. The third kappa shape index (κ3) is 6.75. The summed E-state index contributed by atoms with van der Waals surface area (Å²) in [5.41, 5.74) is 2.26. The zero-order valence-electron chi connectivity index (χ0n) is 17.8. The lowest BCUT2D eigenvalue weighted by atomic mass is 10.0. The molecule has 0 unspecified atom stereocenters. The van der Waals surface area contributed by atoms with E-state index >= 15 is 0 Å². The van der Waals surface area contributed by atoms with Crippen LogP contribution in [-0.4, -0.2) is 45.1 Å². The summed E-state index contributed by atoms with van der Waals surface area (Å²) in [4.78, 5) is 15.1. The van der Waals surface area contributed by atoms with E-state index < -0.39 is 22.5 Å². The summed E-state index contributed by atoms with van der Waals surface area (Å²) >= 11 is 18.2. The number of rotatable bonds is 8. The van der Waals surface area contributed by atoms with E-state index in [-0.39, 0.29) is 20.8 Å². The van der Waals surface area contributed by atoms with Crippen LogP contribution in [0.1, 0.15) is 30.4 Å². The van der Waals surface area contributed by atoms with Crippen LogP contribution in [0.4, 0.5) is 5.69 Å². The van der Waals surface area contributed by atoms with Crippen molar-refractivity contribution in [2.75, 3.05) is 30.2 Å². The number of nitrogens with zero attached hydrogens (tertiary/aromatic N) is 2. The number of nitrogens with one attached hydrogen (secondary N) is 1. The van der Waals surface area contributed by atoms with Crippen molar-refractivity contribution >= 4 is 56.4 Å². The van der Waals surface area contributed by atoms with E-state index in [1.807, 2.05) is 18.2 Å². The molecule has 1 aliphatic rings. The lowest BCUT2D eigenvalue weighted by molar-refractivity contribution is -0.119. The second-order valence-corrected chi connectivity index (χ2v) is 11.0. The predicted octanol–water partition coefficient (Wildman–Crippen LogP) is 4.72. The number of carbonyl (C=O) groups is 1. The quantitative estimate of drug-likeness (QED) is 0.514. The summed E-state index contributed by atoms with van der Waals surface area (Å²) in [6.45, 7) is 2.86. The van der Waals surface area contributed by atoms with Gasteiger partial charge in [-0.25, -0.2) is 8.42 Å². The fourth-order valence-corrected chi connectivity index (χ4v) is 5.26. The van der Waals surface area contributed by atoms with Gasteiger partial charge in [-0.3, -0.25) is 14.0 Å².